The summed E-state index contributed by atoms with van der Waals surface area (Å²) in [7, 11) is -3.04. The van der Waals surface area contributed by atoms with Gasteiger partial charge in [0.2, 0.25) is 7.37 Å². The molecule has 1 N–H and O–H groups in total. The first kappa shape index (κ1) is 20.9. The summed E-state index contributed by atoms with van der Waals surface area (Å²) in [5, 5.41) is 7.60. The van der Waals surface area contributed by atoms with Crippen LogP contribution in [0, 0.1) is 5.92 Å². The SMILES string of the molecule is C[P@@](=O)(O[C@H]1CC2CCC(N2)[C@H]1C(=O)OCCCCN=[N+]=[N-])c1ccccc1. The lowest BCUT2D eigenvalue weighted by molar-refractivity contribution is -0.154. The minimum atomic E-state index is -3.04. The summed E-state index contributed by atoms with van der Waals surface area (Å²) >= 11 is 0. The van der Waals surface area contributed by atoms with Crippen molar-refractivity contribution in [2.24, 2.45) is 11.0 Å². The van der Waals surface area contributed by atoms with Gasteiger partial charge in [0.15, 0.2) is 0 Å². The van der Waals surface area contributed by atoms with Crippen LogP contribution in [0.3, 0.4) is 0 Å². The van der Waals surface area contributed by atoms with E-state index in [0.29, 0.717) is 37.2 Å². The molecular formula is C19H27N4O4P. The number of carbonyl (C=O) groups excluding carboxylic acids is 1. The second-order valence-electron chi connectivity index (χ2n) is 7.46. The Hall–Kier alpha value is -1.85. The monoisotopic (exact) mass is 406 g/mol. The number of ether oxygens (including phenoxy) is 1. The highest BCUT2D eigenvalue weighted by atomic mass is 31.2. The van der Waals surface area contributed by atoms with Crippen LogP contribution in [0.25, 0.3) is 10.4 Å². The Morgan fingerprint density at radius 2 is 2.11 bits per heavy atom. The first-order valence-electron chi connectivity index (χ1n) is 9.76. The maximum absolute atomic E-state index is 13.2. The predicted molar refractivity (Wildman–Crippen MR) is 107 cm³/mol. The number of unbranched alkanes of at least 4 members (excludes halogenated alkanes) is 1. The van der Waals surface area contributed by atoms with E-state index >= 15 is 0 Å². The van der Waals surface area contributed by atoms with Gasteiger partial charge in [-0.3, -0.25) is 9.36 Å². The normalized spacial score (nSPS) is 28.2. The Bertz CT molecular complexity index is 768. The van der Waals surface area contributed by atoms with Gasteiger partial charge in [0.1, 0.15) is 0 Å². The van der Waals surface area contributed by atoms with E-state index in [0.717, 1.165) is 12.8 Å². The van der Waals surface area contributed by atoms with Gasteiger partial charge in [-0.15, -0.1) is 0 Å². The fourth-order valence-electron chi connectivity index (χ4n) is 4.05. The molecule has 0 aliphatic carbocycles. The van der Waals surface area contributed by atoms with Crippen molar-refractivity contribution in [3.8, 4) is 0 Å². The van der Waals surface area contributed by atoms with Gasteiger partial charge in [0.05, 0.1) is 18.6 Å². The Morgan fingerprint density at radius 1 is 1.32 bits per heavy atom. The Kier molecular flexibility index (Phi) is 7.13. The molecule has 8 nitrogen and oxygen atoms in total. The second kappa shape index (κ2) is 9.57. The molecule has 0 saturated carbocycles. The quantitative estimate of drug-likeness (QED) is 0.169. The number of azide groups is 1. The zero-order chi connectivity index (χ0) is 20.0. The van der Waals surface area contributed by atoms with Crippen LogP contribution in [-0.4, -0.2) is 44.0 Å². The van der Waals surface area contributed by atoms with Gasteiger partial charge in [0, 0.05) is 35.5 Å². The molecule has 152 valence electrons. The van der Waals surface area contributed by atoms with Crippen LogP contribution in [0.4, 0.5) is 0 Å². The average molecular weight is 406 g/mol. The van der Waals surface area contributed by atoms with Crippen molar-refractivity contribution in [3.63, 3.8) is 0 Å². The van der Waals surface area contributed by atoms with Crippen LogP contribution in [0.2, 0.25) is 0 Å². The summed E-state index contributed by atoms with van der Waals surface area (Å²) in [6.07, 6.45) is 3.41. The minimum absolute atomic E-state index is 0.00443. The van der Waals surface area contributed by atoms with Gasteiger partial charge in [0.25, 0.3) is 0 Å². The largest absolute Gasteiger partial charge is 0.465 e. The summed E-state index contributed by atoms with van der Waals surface area (Å²) < 4.78 is 24.8. The van der Waals surface area contributed by atoms with Crippen molar-refractivity contribution in [1.29, 1.82) is 0 Å². The van der Waals surface area contributed by atoms with E-state index in [1.807, 2.05) is 18.2 Å². The number of hydrogen-bond acceptors (Lipinski definition) is 6. The number of esters is 1. The molecule has 5 atom stereocenters. The number of hydrogen-bond donors (Lipinski definition) is 1. The zero-order valence-corrected chi connectivity index (χ0v) is 17.0. The van der Waals surface area contributed by atoms with E-state index in [2.05, 4.69) is 15.3 Å². The maximum atomic E-state index is 13.2. The maximum Gasteiger partial charge on any atom is 0.313 e. The Morgan fingerprint density at radius 3 is 2.86 bits per heavy atom. The number of benzene rings is 1. The fraction of sp³-hybridized carbons (Fsp3) is 0.632. The molecule has 1 aromatic rings. The standard InChI is InChI=1S/C19H27N4O4P/c1-28(25,15-7-3-2-4-8-15)27-17-13-14-9-10-16(22-14)18(17)19(24)26-12-6-5-11-21-23-20/h2-4,7-8,14,16-18,22H,5-6,9-13H2,1H3/t14?,16?,17-,18+,28+/m0/s1. The number of rotatable bonds is 9. The summed E-state index contributed by atoms with van der Waals surface area (Å²) in [5.41, 5.74) is 8.27. The van der Waals surface area contributed by atoms with Crippen molar-refractivity contribution >= 4 is 18.6 Å². The molecule has 2 unspecified atom stereocenters. The summed E-state index contributed by atoms with van der Waals surface area (Å²) in [6, 6.07) is 9.43. The molecule has 2 bridgehead atoms. The van der Waals surface area contributed by atoms with E-state index in [4.69, 9.17) is 14.8 Å². The molecule has 2 aliphatic rings. The molecule has 2 heterocycles. The van der Waals surface area contributed by atoms with E-state index < -0.39 is 19.4 Å². The summed E-state index contributed by atoms with van der Waals surface area (Å²) in [6.45, 7) is 2.29. The van der Waals surface area contributed by atoms with Gasteiger partial charge in [-0.2, -0.15) is 0 Å². The van der Waals surface area contributed by atoms with Crippen molar-refractivity contribution < 1.29 is 18.6 Å². The smallest absolute Gasteiger partial charge is 0.313 e. The lowest BCUT2D eigenvalue weighted by Crippen LogP contribution is -2.52. The highest BCUT2D eigenvalue weighted by Crippen LogP contribution is 2.47. The van der Waals surface area contributed by atoms with Crippen molar-refractivity contribution in [2.45, 2.75) is 50.3 Å². The molecule has 3 rings (SSSR count). The first-order chi connectivity index (χ1) is 13.5. The van der Waals surface area contributed by atoms with Gasteiger partial charge >= 0.3 is 5.97 Å². The Balaban J connectivity index is 1.64. The molecule has 2 aliphatic heterocycles. The molecule has 0 aromatic heterocycles. The third kappa shape index (κ3) is 5.15. The van der Waals surface area contributed by atoms with Gasteiger partial charge in [-0.1, -0.05) is 23.3 Å². The van der Waals surface area contributed by atoms with Crippen molar-refractivity contribution in [1.82, 2.24) is 5.32 Å². The number of nitrogens with one attached hydrogen (secondary N) is 1. The van der Waals surface area contributed by atoms with Gasteiger partial charge < -0.3 is 14.6 Å². The second-order valence-corrected chi connectivity index (χ2v) is 9.88. The van der Waals surface area contributed by atoms with E-state index in [1.165, 1.54) is 0 Å². The molecule has 2 saturated heterocycles. The number of fused-ring (bicyclic) bond motifs is 2. The van der Waals surface area contributed by atoms with Crippen molar-refractivity contribution in [3.05, 3.63) is 40.8 Å². The van der Waals surface area contributed by atoms with Crippen LogP contribution in [-0.2, 0) is 18.6 Å². The van der Waals surface area contributed by atoms with E-state index in [1.54, 1.807) is 18.8 Å². The van der Waals surface area contributed by atoms with Crippen LogP contribution in [0.15, 0.2) is 35.4 Å². The molecule has 2 fully saturated rings. The minimum Gasteiger partial charge on any atom is -0.465 e. The van der Waals surface area contributed by atoms with Gasteiger partial charge in [-0.25, -0.2) is 0 Å². The summed E-state index contributed by atoms with van der Waals surface area (Å²) in [5.74, 6) is -0.771. The number of carbonyl (C=O) groups is 1. The third-order valence-corrected chi connectivity index (χ3v) is 7.33. The molecular weight excluding hydrogens is 379 g/mol. The lowest BCUT2D eigenvalue weighted by Gasteiger charge is -2.37. The predicted octanol–water partition coefficient (Wildman–Crippen LogP) is 3.38. The number of piperidine rings is 1. The topological polar surface area (TPSA) is 113 Å². The first-order valence-corrected chi connectivity index (χ1v) is 11.8. The molecule has 1 aromatic carbocycles. The highest BCUT2D eigenvalue weighted by molar-refractivity contribution is 7.66. The highest BCUT2D eigenvalue weighted by Gasteiger charge is 2.48. The molecule has 0 spiro atoms. The molecule has 28 heavy (non-hydrogen) atoms. The van der Waals surface area contributed by atoms with Crippen molar-refractivity contribution in [2.75, 3.05) is 19.8 Å². The molecule has 9 heteroatoms. The average Bonchev–Trinajstić information content (AvgIpc) is 3.06. The van der Waals surface area contributed by atoms with Crippen LogP contribution < -0.4 is 10.6 Å². The van der Waals surface area contributed by atoms with E-state index in [-0.39, 0.29) is 18.6 Å². The molecule has 0 amide bonds. The zero-order valence-electron chi connectivity index (χ0n) is 16.1. The van der Waals surface area contributed by atoms with E-state index in [9.17, 15) is 9.36 Å². The lowest BCUT2D eigenvalue weighted by atomic mass is 9.89. The van der Waals surface area contributed by atoms with Crippen LogP contribution in [0.1, 0.15) is 32.1 Å². The molecule has 0 radical (unpaired) electrons. The van der Waals surface area contributed by atoms with Crippen LogP contribution in [0.5, 0.6) is 0 Å². The summed E-state index contributed by atoms with van der Waals surface area (Å²) in [4.78, 5) is 15.5. The van der Waals surface area contributed by atoms with Gasteiger partial charge in [-0.05, 0) is 49.8 Å². The third-order valence-electron chi connectivity index (χ3n) is 5.42. The fourth-order valence-corrected chi connectivity index (χ4v) is 5.62. The van der Waals surface area contributed by atoms with Crippen LogP contribution >= 0.6 is 7.37 Å². The number of nitrogens with zero attached hydrogens (tertiary/aromatic N) is 3. The Labute approximate surface area is 165 Å².